The van der Waals surface area contributed by atoms with Gasteiger partial charge in [-0.2, -0.15) is 0 Å². The van der Waals surface area contributed by atoms with Gasteiger partial charge in [0.25, 0.3) is 0 Å². The molecule has 1 N–H and O–H groups in total. The molecule has 0 aromatic carbocycles. The third-order valence-electron chi connectivity index (χ3n) is 2.59. The van der Waals surface area contributed by atoms with Crippen molar-refractivity contribution in [1.82, 2.24) is 9.55 Å². The summed E-state index contributed by atoms with van der Waals surface area (Å²) in [6.07, 6.45) is 5.50. The molecule has 15 heavy (non-hydrogen) atoms. The van der Waals surface area contributed by atoms with Gasteiger partial charge in [0.1, 0.15) is 0 Å². The zero-order valence-corrected chi connectivity index (χ0v) is 8.43. The Hall–Kier alpha value is -1.36. The molecular formula is C10H14N2O3. The van der Waals surface area contributed by atoms with Gasteiger partial charge in [0.05, 0.1) is 25.4 Å². The summed E-state index contributed by atoms with van der Waals surface area (Å²) in [4.78, 5) is 14.5. The van der Waals surface area contributed by atoms with Crippen molar-refractivity contribution < 1.29 is 14.6 Å². The fraction of sp³-hybridized carbons (Fsp3) is 0.600. The van der Waals surface area contributed by atoms with Crippen LogP contribution >= 0.6 is 0 Å². The Bertz CT molecular complexity index is 344. The second-order valence-corrected chi connectivity index (χ2v) is 3.71. The Balaban J connectivity index is 1.91. The van der Waals surface area contributed by atoms with Crippen LogP contribution in [-0.4, -0.2) is 33.3 Å². The first-order chi connectivity index (χ1) is 7.25. The summed E-state index contributed by atoms with van der Waals surface area (Å²) in [5.74, 6) is -0.775. The van der Waals surface area contributed by atoms with Gasteiger partial charge >= 0.3 is 5.97 Å². The molecule has 1 saturated heterocycles. The molecule has 0 saturated carbocycles. The summed E-state index contributed by atoms with van der Waals surface area (Å²) in [5, 5.41) is 8.59. The molecule has 5 heteroatoms. The first kappa shape index (κ1) is 10.2. The van der Waals surface area contributed by atoms with Crippen molar-refractivity contribution in [2.45, 2.75) is 31.9 Å². The van der Waals surface area contributed by atoms with E-state index in [2.05, 4.69) is 4.98 Å². The smallest absolute Gasteiger partial charge is 0.303 e. The van der Waals surface area contributed by atoms with Crippen molar-refractivity contribution in [3.05, 3.63) is 18.2 Å². The zero-order valence-electron chi connectivity index (χ0n) is 8.43. The third kappa shape index (κ3) is 2.56. The highest BCUT2D eigenvalue weighted by Crippen LogP contribution is 2.14. The Morgan fingerprint density at radius 3 is 3.13 bits per heavy atom. The average Bonchev–Trinajstić information content (AvgIpc) is 2.55. The molecule has 0 amide bonds. The second kappa shape index (κ2) is 4.44. The molecule has 1 aromatic rings. The molecule has 0 spiro atoms. The number of hydrogen-bond donors (Lipinski definition) is 1. The number of imidazole rings is 1. The van der Waals surface area contributed by atoms with Crippen molar-refractivity contribution in [3.63, 3.8) is 0 Å². The Morgan fingerprint density at radius 2 is 2.53 bits per heavy atom. The molecule has 5 nitrogen and oxygen atoms in total. The first-order valence-electron chi connectivity index (χ1n) is 5.08. The van der Waals surface area contributed by atoms with Gasteiger partial charge in [0, 0.05) is 18.5 Å². The van der Waals surface area contributed by atoms with Gasteiger partial charge in [-0.25, -0.2) is 4.98 Å². The van der Waals surface area contributed by atoms with Gasteiger partial charge in [-0.05, 0) is 12.8 Å². The van der Waals surface area contributed by atoms with Gasteiger partial charge in [-0.1, -0.05) is 0 Å². The van der Waals surface area contributed by atoms with Gasteiger partial charge in [0.15, 0.2) is 0 Å². The van der Waals surface area contributed by atoms with E-state index in [0.29, 0.717) is 6.42 Å². The number of carbonyl (C=O) groups is 1. The predicted octanol–water partition coefficient (Wildman–Crippen LogP) is 0.689. The molecule has 1 atom stereocenters. The number of aromatic nitrogens is 2. The van der Waals surface area contributed by atoms with Crippen LogP contribution in [0.5, 0.6) is 0 Å². The first-order valence-corrected chi connectivity index (χ1v) is 5.08. The van der Waals surface area contributed by atoms with E-state index in [-0.39, 0.29) is 12.5 Å². The highest BCUT2D eigenvalue weighted by Gasteiger charge is 2.19. The minimum absolute atomic E-state index is 0.150. The van der Waals surface area contributed by atoms with E-state index in [9.17, 15) is 4.79 Å². The van der Waals surface area contributed by atoms with E-state index in [0.717, 1.165) is 25.3 Å². The molecule has 82 valence electrons. The van der Waals surface area contributed by atoms with Crippen molar-refractivity contribution >= 4 is 5.97 Å². The average molecular weight is 210 g/mol. The zero-order chi connectivity index (χ0) is 10.7. The molecule has 2 heterocycles. The maximum Gasteiger partial charge on any atom is 0.303 e. The quantitative estimate of drug-likeness (QED) is 0.776. The van der Waals surface area contributed by atoms with Crippen LogP contribution in [0.15, 0.2) is 12.5 Å². The monoisotopic (exact) mass is 210 g/mol. The number of carboxylic acid groups (broad SMARTS) is 1. The normalized spacial score (nSPS) is 19.9. The molecule has 1 aliphatic heterocycles. The number of rotatable bonds is 5. The second-order valence-electron chi connectivity index (χ2n) is 3.71. The minimum atomic E-state index is -0.775. The van der Waals surface area contributed by atoms with Crippen LogP contribution in [0.3, 0.4) is 0 Å². The number of aliphatic carboxylic acids is 1. The molecule has 1 aromatic heterocycles. The van der Waals surface area contributed by atoms with Gasteiger partial charge in [0.2, 0.25) is 0 Å². The van der Waals surface area contributed by atoms with Gasteiger partial charge in [-0.15, -0.1) is 0 Å². The van der Waals surface area contributed by atoms with Gasteiger partial charge < -0.3 is 14.4 Å². The lowest BCUT2D eigenvalue weighted by Crippen LogP contribution is -2.31. The van der Waals surface area contributed by atoms with Crippen molar-refractivity contribution in [1.29, 1.82) is 0 Å². The maximum atomic E-state index is 10.4. The van der Waals surface area contributed by atoms with E-state index < -0.39 is 5.97 Å². The molecule has 1 unspecified atom stereocenters. The summed E-state index contributed by atoms with van der Waals surface area (Å²) < 4.78 is 7.30. The molecule has 2 rings (SSSR count). The van der Waals surface area contributed by atoms with E-state index >= 15 is 0 Å². The van der Waals surface area contributed by atoms with Crippen LogP contribution < -0.4 is 0 Å². The Morgan fingerprint density at radius 1 is 1.73 bits per heavy atom. The number of ether oxygens (including phenoxy) is 1. The van der Waals surface area contributed by atoms with Crippen LogP contribution in [0.1, 0.15) is 18.5 Å². The predicted molar refractivity (Wildman–Crippen MR) is 52.5 cm³/mol. The standard InChI is InChI=1S/C10H14N2O3/c13-10(14)2-1-8-5-11-7-12(8)6-9-3-4-15-9/h5,7,9H,1-4,6H2,(H,13,14). The van der Waals surface area contributed by atoms with Crippen molar-refractivity contribution in [3.8, 4) is 0 Å². The highest BCUT2D eigenvalue weighted by atomic mass is 16.5. The van der Waals surface area contributed by atoms with Crippen molar-refractivity contribution in [2.75, 3.05) is 6.61 Å². The van der Waals surface area contributed by atoms with Crippen LogP contribution in [0.25, 0.3) is 0 Å². The molecule has 0 radical (unpaired) electrons. The van der Waals surface area contributed by atoms with E-state index in [1.807, 2.05) is 4.57 Å². The Kier molecular flexibility index (Phi) is 3.01. The fourth-order valence-corrected chi connectivity index (χ4v) is 1.60. The summed E-state index contributed by atoms with van der Waals surface area (Å²) in [7, 11) is 0. The lowest BCUT2D eigenvalue weighted by Gasteiger charge is -2.27. The number of nitrogens with zero attached hydrogens (tertiary/aromatic N) is 2. The van der Waals surface area contributed by atoms with E-state index in [4.69, 9.17) is 9.84 Å². The minimum Gasteiger partial charge on any atom is -0.481 e. The molecule has 1 fully saturated rings. The van der Waals surface area contributed by atoms with E-state index in [1.54, 1.807) is 12.5 Å². The van der Waals surface area contributed by atoms with Crippen molar-refractivity contribution in [2.24, 2.45) is 0 Å². The summed E-state index contributed by atoms with van der Waals surface area (Å²) >= 11 is 0. The summed E-state index contributed by atoms with van der Waals surface area (Å²) in [6, 6.07) is 0. The maximum absolute atomic E-state index is 10.4. The summed E-state index contributed by atoms with van der Waals surface area (Å²) in [6.45, 7) is 1.62. The van der Waals surface area contributed by atoms with Crippen LogP contribution in [0.2, 0.25) is 0 Å². The summed E-state index contributed by atoms with van der Waals surface area (Å²) in [5.41, 5.74) is 0.966. The van der Waals surface area contributed by atoms with Gasteiger partial charge in [-0.3, -0.25) is 4.79 Å². The number of hydrogen-bond acceptors (Lipinski definition) is 3. The fourth-order valence-electron chi connectivity index (χ4n) is 1.60. The molecule has 0 aliphatic carbocycles. The highest BCUT2D eigenvalue weighted by molar-refractivity contribution is 5.66. The van der Waals surface area contributed by atoms with Crippen LogP contribution in [0, 0.1) is 0 Å². The molecular weight excluding hydrogens is 196 g/mol. The topological polar surface area (TPSA) is 64.3 Å². The van der Waals surface area contributed by atoms with Crippen LogP contribution in [0.4, 0.5) is 0 Å². The lowest BCUT2D eigenvalue weighted by atomic mass is 10.2. The Labute approximate surface area is 87.7 Å². The van der Waals surface area contributed by atoms with Crippen LogP contribution in [-0.2, 0) is 22.5 Å². The van der Waals surface area contributed by atoms with E-state index in [1.165, 1.54) is 0 Å². The third-order valence-corrected chi connectivity index (χ3v) is 2.59. The molecule has 1 aliphatic rings. The SMILES string of the molecule is O=C(O)CCc1cncn1CC1CCO1. The lowest BCUT2D eigenvalue weighted by molar-refractivity contribution is -0.136. The largest absolute Gasteiger partial charge is 0.481 e. The number of carboxylic acids is 1. The molecule has 0 bridgehead atoms. The number of aryl methyl sites for hydroxylation is 1.